The first kappa shape index (κ1) is 15.4. The molecule has 1 atom stereocenters. The van der Waals surface area contributed by atoms with Crippen LogP contribution in [0.15, 0.2) is 0 Å². The van der Waals surface area contributed by atoms with E-state index >= 15 is 0 Å². The van der Waals surface area contributed by atoms with Crippen molar-refractivity contribution in [3.8, 4) is 0 Å². The van der Waals surface area contributed by atoms with Crippen LogP contribution in [0.25, 0.3) is 0 Å². The van der Waals surface area contributed by atoms with E-state index in [1.165, 1.54) is 7.11 Å². The Morgan fingerprint density at radius 3 is 2.28 bits per heavy atom. The van der Waals surface area contributed by atoms with Gasteiger partial charge in [-0.25, -0.2) is 0 Å². The molecule has 1 saturated carbocycles. The summed E-state index contributed by atoms with van der Waals surface area (Å²) in [6.07, 6.45) is 5.52. The largest absolute Gasteiger partial charge is 0.468 e. The van der Waals surface area contributed by atoms with E-state index in [1.54, 1.807) is 7.11 Å². The summed E-state index contributed by atoms with van der Waals surface area (Å²) in [6.45, 7) is 4.25. The lowest BCUT2D eigenvalue weighted by molar-refractivity contribution is -0.144. The molecule has 0 bridgehead atoms. The van der Waals surface area contributed by atoms with Crippen LogP contribution in [0.5, 0.6) is 0 Å². The molecule has 0 aromatic carbocycles. The molecular weight excluding hydrogens is 230 g/mol. The van der Waals surface area contributed by atoms with E-state index in [0.717, 1.165) is 32.1 Å². The van der Waals surface area contributed by atoms with Gasteiger partial charge in [-0.2, -0.15) is 0 Å². The zero-order chi connectivity index (χ0) is 13.5. The SMILES string of the molecule is COC(=O)C(CC(C)C)NC1CCC(OC)CC1. The number of hydrogen-bond donors (Lipinski definition) is 1. The maximum absolute atomic E-state index is 11.7. The number of nitrogens with one attached hydrogen (secondary N) is 1. The van der Waals surface area contributed by atoms with Crippen molar-refractivity contribution in [2.24, 2.45) is 5.92 Å². The highest BCUT2D eigenvalue weighted by Crippen LogP contribution is 2.21. The van der Waals surface area contributed by atoms with Crippen molar-refractivity contribution >= 4 is 5.97 Å². The number of esters is 1. The third kappa shape index (κ3) is 4.94. The predicted octanol–water partition coefficient (Wildman–Crippen LogP) is 2.12. The third-order valence-corrected chi connectivity index (χ3v) is 3.64. The van der Waals surface area contributed by atoms with Crippen LogP contribution in [0.2, 0.25) is 0 Å². The minimum absolute atomic E-state index is 0.141. The highest BCUT2D eigenvalue weighted by Gasteiger charge is 2.27. The number of carbonyl (C=O) groups is 1. The van der Waals surface area contributed by atoms with Crippen LogP contribution in [0.1, 0.15) is 46.0 Å². The second-order valence-corrected chi connectivity index (χ2v) is 5.58. The van der Waals surface area contributed by atoms with Crippen molar-refractivity contribution in [1.82, 2.24) is 5.32 Å². The molecular formula is C14H27NO3. The normalized spacial score (nSPS) is 26.1. The smallest absolute Gasteiger partial charge is 0.322 e. The zero-order valence-electron chi connectivity index (χ0n) is 12.1. The van der Waals surface area contributed by atoms with Crippen LogP contribution < -0.4 is 5.32 Å². The Balaban J connectivity index is 2.43. The van der Waals surface area contributed by atoms with Crippen molar-refractivity contribution < 1.29 is 14.3 Å². The van der Waals surface area contributed by atoms with Gasteiger partial charge in [-0.15, -0.1) is 0 Å². The van der Waals surface area contributed by atoms with Gasteiger partial charge in [-0.1, -0.05) is 13.8 Å². The van der Waals surface area contributed by atoms with Crippen LogP contribution in [0, 0.1) is 5.92 Å². The standard InChI is InChI=1S/C14H27NO3/c1-10(2)9-13(14(16)18-4)15-11-5-7-12(17-3)8-6-11/h10-13,15H,5-9H2,1-4H3. The van der Waals surface area contributed by atoms with E-state index in [2.05, 4.69) is 19.2 Å². The Labute approximate surface area is 110 Å². The van der Waals surface area contributed by atoms with Crippen molar-refractivity contribution in [2.75, 3.05) is 14.2 Å². The van der Waals surface area contributed by atoms with Crippen molar-refractivity contribution in [3.05, 3.63) is 0 Å². The molecule has 0 heterocycles. The Morgan fingerprint density at radius 2 is 1.83 bits per heavy atom. The van der Waals surface area contributed by atoms with Crippen molar-refractivity contribution in [1.29, 1.82) is 0 Å². The average molecular weight is 257 g/mol. The van der Waals surface area contributed by atoms with Gasteiger partial charge in [0.15, 0.2) is 0 Å². The lowest BCUT2D eigenvalue weighted by Gasteiger charge is -2.31. The maximum atomic E-state index is 11.7. The van der Waals surface area contributed by atoms with Crippen molar-refractivity contribution in [2.45, 2.75) is 64.1 Å². The topological polar surface area (TPSA) is 47.6 Å². The van der Waals surface area contributed by atoms with Gasteiger partial charge in [0.2, 0.25) is 0 Å². The van der Waals surface area contributed by atoms with Gasteiger partial charge in [0.25, 0.3) is 0 Å². The van der Waals surface area contributed by atoms with Gasteiger partial charge in [0, 0.05) is 13.2 Å². The Morgan fingerprint density at radius 1 is 1.22 bits per heavy atom. The van der Waals surface area contributed by atoms with Gasteiger partial charge in [0.1, 0.15) is 6.04 Å². The van der Waals surface area contributed by atoms with Gasteiger partial charge in [-0.3, -0.25) is 4.79 Å². The summed E-state index contributed by atoms with van der Waals surface area (Å²) in [4.78, 5) is 11.7. The van der Waals surface area contributed by atoms with Crippen LogP contribution in [0.4, 0.5) is 0 Å². The second-order valence-electron chi connectivity index (χ2n) is 5.58. The molecule has 0 radical (unpaired) electrons. The predicted molar refractivity (Wildman–Crippen MR) is 71.4 cm³/mol. The van der Waals surface area contributed by atoms with E-state index in [4.69, 9.17) is 9.47 Å². The molecule has 0 saturated heterocycles. The Hall–Kier alpha value is -0.610. The van der Waals surface area contributed by atoms with Crippen molar-refractivity contribution in [3.63, 3.8) is 0 Å². The molecule has 0 aliphatic heterocycles. The molecule has 4 nitrogen and oxygen atoms in total. The van der Waals surface area contributed by atoms with E-state index in [9.17, 15) is 4.79 Å². The number of methoxy groups -OCH3 is 2. The molecule has 1 rings (SSSR count). The van der Waals surface area contributed by atoms with Crippen LogP contribution >= 0.6 is 0 Å². The maximum Gasteiger partial charge on any atom is 0.322 e. The fourth-order valence-electron chi connectivity index (χ4n) is 2.60. The first-order valence-corrected chi connectivity index (χ1v) is 6.93. The average Bonchev–Trinajstić information content (AvgIpc) is 2.37. The monoisotopic (exact) mass is 257 g/mol. The summed E-state index contributed by atoms with van der Waals surface area (Å²) in [5.74, 6) is 0.342. The molecule has 0 aromatic rings. The van der Waals surface area contributed by atoms with E-state index in [0.29, 0.717) is 18.1 Å². The summed E-state index contributed by atoms with van der Waals surface area (Å²) in [7, 11) is 3.23. The van der Waals surface area contributed by atoms with Gasteiger partial charge in [-0.05, 0) is 38.0 Å². The number of carbonyl (C=O) groups excluding carboxylic acids is 1. The number of ether oxygens (including phenoxy) is 2. The van der Waals surface area contributed by atoms with Gasteiger partial charge in [0.05, 0.1) is 13.2 Å². The molecule has 18 heavy (non-hydrogen) atoms. The van der Waals surface area contributed by atoms with Crippen LogP contribution in [0.3, 0.4) is 0 Å². The molecule has 106 valence electrons. The summed E-state index contributed by atoms with van der Waals surface area (Å²) < 4.78 is 10.2. The highest BCUT2D eigenvalue weighted by atomic mass is 16.5. The fourth-order valence-corrected chi connectivity index (χ4v) is 2.60. The summed E-state index contributed by atoms with van der Waals surface area (Å²) in [5.41, 5.74) is 0. The zero-order valence-corrected chi connectivity index (χ0v) is 12.1. The van der Waals surface area contributed by atoms with Crippen LogP contribution in [-0.4, -0.2) is 38.4 Å². The molecule has 4 heteroatoms. The molecule has 0 spiro atoms. The molecule has 1 aliphatic carbocycles. The number of rotatable bonds is 6. The van der Waals surface area contributed by atoms with Gasteiger partial charge < -0.3 is 14.8 Å². The fraction of sp³-hybridized carbons (Fsp3) is 0.929. The molecule has 0 amide bonds. The summed E-state index contributed by atoms with van der Waals surface area (Å²) in [6, 6.07) is 0.248. The first-order valence-electron chi connectivity index (χ1n) is 6.93. The first-order chi connectivity index (χ1) is 8.56. The van der Waals surface area contributed by atoms with Gasteiger partial charge >= 0.3 is 5.97 Å². The van der Waals surface area contributed by atoms with Crippen LogP contribution in [-0.2, 0) is 14.3 Å². The minimum Gasteiger partial charge on any atom is -0.468 e. The highest BCUT2D eigenvalue weighted by molar-refractivity contribution is 5.75. The second kappa shape index (κ2) is 7.74. The molecule has 1 unspecified atom stereocenters. The van der Waals surface area contributed by atoms with E-state index in [1.807, 2.05) is 0 Å². The Bertz CT molecular complexity index is 247. The molecule has 1 N–H and O–H groups in total. The quantitative estimate of drug-likeness (QED) is 0.740. The number of hydrogen-bond acceptors (Lipinski definition) is 4. The minimum atomic E-state index is -0.168. The summed E-state index contributed by atoms with van der Waals surface area (Å²) in [5, 5.41) is 3.45. The van der Waals surface area contributed by atoms with E-state index < -0.39 is 0 Å². The Kier molecular flexibility index (Phi) is 6.65. The van der Waals surface area contributed by atoms with E-state index in [-0.39, 0.29) is 12.0 Å². The molecule has 1 fully saturated rings. The molecule has 0 aromatic heterocycles. The lowest BCUT2D eigenvalue weighted by atomic mass is 9.91. The third-order valence-electron chi connectivity index (χ3n) is 3.64. The summed E-state index contributed by atoms with van der Waals surface area (Å²) >= 11 is 0. The molecule has 1 aliphatic rings. The lowest BCUT2D eigenvalue weighted by Crippen LogP contribution is -2.46.